The van der Waals surface area contributed by atoms with Gasteiger partial charge in [0.05, 0.1) is 5.25 Å². The largest absolute Gasteiger partial charge is 0.293 e. The van der Waals surface area contributed by atoms with Crippen LogP contribution in [0.1, 0.15) is 23.2 Å². The smallest absolute Gasteiger partial charge is 0.175 e. The number of Topliss-reactive ketones (excluding diaryl/α,β-unsaturated/α-hetero) is 1. The Morgan fingerprint density at radius 1 is 1.31 bits per heavy atom. The van der Waals surface area contributed by atoms with Gasteiger partial charge in [0.2, 0.25) is 0 Å². The summed E-state index contributed by atoms with van der Waals surface area (Å²) in [5.41, 5.74) is 0.863. The van der Waals surface area contributed by atoms with Crippen LogP contribution in [0.4, 0.5) is 0 Å². The maximum Gasteiger partial charge on any atom is 0.175 e. The third-order valence-corrected chi connectivity index (χ3v) is 3.66. The molecule has 0 bridgehead atoms. The van der Waals surface area contributed by atoms with Crippen LogP contribution >= 0.6 is 11.8 Å². The zero-order valence-electron chi connectivity index (χ0n) is 7.40. The van der Waals surface area contributed by atoms with E-state index in [1.165, 1.54) is 6.42 Å². The molecule has 1 aromatic carbocycles. The van der Waals surface area contributed by atoms with E-state index < -0.39 is 0 Å². The molecule has 0 saturated carbocycles. The monoisotopic (exact) mass is 192 g/mol. The van der Waals surface area contributed by atoms with Gasteiger partial charge < -0.3 is 0 Å². The topological polar surface area (TPSA) is 17.1 Å². The molecule has 0 aromatic heterocycles. The van der Waals surface area contributed by atoms with Gasteiger partial charge in [-0.15, -0.1) is 0 Å². The maximum atomic E-state index is 11.8. The van der Waals surface area contributed by atoms with E-state index in [4.69, 9.17) is 0 Å². The van der Waals surface area contributed by atoms with E-state index in [1.807, 2.05) is 30.3 Å². The van der Waals surface area contributed by atoms with Crippen LogP contribution < -0.4 is 0 Å². The summed E-state index contributed by atoms with van der Waals surface area (Å²) >= 11 is 1.80. The van der Waals surface area contributed by atoms with E-state index in [9.17, 15) is 4.79 Å². The molecule has 13 heavy (non-hydrogen) atoms. The fraction of sp³-hybridized carbons (Fsp3) is 0.364. The molecular weight excluding hydrogens is 180 g/mol. The zero-order chi connectivity index (χ0) is 9.10. The van der Waals surface area contributed by atoms with Crippen molar-refractivity contribution in [2.24, 2.45) is 0 Å². The van der Waals surface area contributed by atoms with Crippen molar-refractivity contribution in [3.05, 3.63) is 35.9 Å². The lowest BCUT2D eigenvalue weighted by Gasteiger charge is -2.06. The van der Waals surface area contributed by atoms with Crippen molar-refractivity contribution in [2.75, 3.05) is 5.75 Å². The van der Waals surface area contributed by atoms with Crippen LogP contribution in [0.5, 0.6) is 0 Å². The quantitative estimate of drug-likeness (QED) is 0.670. The van der Waals surface area contributed by atoms with Crippen molar-refractivity contribution in [3.63, 3.8) is 0 Å². The van der Waals surface area contributed by atoms with E-state index in [0.29, 0.717) is 5.78 Å². The van der Waals surface area contributed by atoms with Gasteiger partial charge in [-0.2, -0.15) is 11.8 Å². The first-order valence-corrected chi connectivity index (χ1v) is 5.63. The summed E-state index contributed by atoms with van der Waals surface area (Å²) in [7, 11) is 0. The molecule has 1 saturated heterocycles. The minimum absolute atomic E-state index is 0.224. The molecule has 68 valence electrons. The third kappa shape index (κ3) is 1.94. The van der Waals surface area contributed by atoms with Crippen molar-refractivity contribution >= 4 is 17.5 Å². The predicted octanol–water partition coefficient (Wildman–Crippen LogP) is 2.76. The summed E-state index contributed by atoms with van der Waals surface area (Å²) in [5.74, 6) is 1.45. The number of rotatable bonds is 2. The van der Waals surface area contributed by atoms with Gasteiger partial charge in [0.25, 0.3) is 0 Å². The summed E-state index contributed by atoms with van der Waals surface area (Å²) in [6, 6.07) is 9.60. The van der Waals surface area contributed by atoms with E-state index in [2.05, 4.69) is 0 Å². The van der Waals surface area contributed by atoms with Gasteiger partial charge >= 0.3 is 0 Å². The molecule has 1 heterocycles. The Hall–Kier alpha value is -0.760. The van der Waals surface area contributed by atoms with Crippen molar-refractivity contribution in [1.82, 2.24) is 0 Å². The Bertz CT molecular complexity index is 288. The van der Waals surface area contributed by atoms with Crippen LogP contribution in [0.25, 0.3) is 0 Å². The number of hydrogen-bond donors (Lipinski definition) is 0. The molecule has 1 atom stereocenters. The standard InChI is InChI=1S/C11H12OS/c12-11(10-7-4-8-13-10)9-5-2-1-3-6-9/h1-3,5-6,10H,4,7-8H2. The highest BCUT2D eigenvalue weighted by molar-refractivity contribution is 8.00. The molecule has 0 spiro atoms. The molecular formula is C11H12OS. The van der Waals surface area contributed by atoms with Gasteiger partial charge in [-0.3, -0.25) is 4.79 Å². The summed E-state index contributed by atoms with van der Waals surface area (Å²) in [4.78, 5) is 11.8. The Balaban J connectivity index is 2.13. The molecule has 0 N–H and O–H groups in total. The number of carbonyl (C=O) groups is 1. The Labute approximate surface area is 82.5 Å². The molecule has 1 aliphatic heterocycles. The molecule has 1 fully saturated rings. The van der Waals surface area contributed by atoms with Gasteiger partial charge in [-0.25, -0.2) is 0 Å². The molecule has 1 unspecified atom stereocenters. The SMILES string of the molecule is O=C(c1ccccc1)C1CCCS1. The van der Waals surface area contributed by atoms with Gasteiger partial charge in [-0.05, 0) is 18.6 Å². The van der Waals surface area contributed by atoms with Crippen molar-refractivity contribution in [1.29, 1.82) is 0 Å². The molecule has 0 radical (unpaired) electrons. The molecule has 0 aliphatic carbocycles. The summed E-state index contributed by atoms with van der Waals surface area (Å²) < 4.78 is 0. The van der Waals surface area contributed by atoms with Crippen LogP contribution in [-0.2, 0) is 0 Å². The lowest BCUT2D eigenvalue weighted by molar-refractivity contribution is 0.0988. The summed E-state index contributed by atoms with van der Waals surface area (Å²) in [6.07, 6.45) is 2.24. The normalized spacial score (nSPS) is 21.7. The number of benzene rings is 1. The third-order valence-electron chi connectivity index (χ3n) is 2.28. The minimum Gasteiger partial charge on any atom is -0.293 e. The summed E-state index contributed by atoms with van der Waals surface area (Å²) in [6.45, 7) is 0. The van der Waals surface area contributed by atoms with Crippen molar-refractivity contribution in [3.8, 4) is 0 Å². The molecule has 2 heteroatoms. The highest BCUT2D eigenvalue weighted by Crippen LogP contribution is 2.28. The average molecular weight is 192 g/mol. The van der Waals surface area contributed by atoms with Crippen LogP contribution in [0.15, 0.2) is 30.3 Å². The Morgan fingerprint density at radius 2 is 2.08 bits per heavy atom. The highest BCUT2D eigenvalue weighted by atomic mass is 32.2. The molecule has 2 rings (SSSR count). The van der Waals surface area contributed by atoms with Crippen LogP contribution in [0, 0.1) is 0 Å². The lowest BCUT2D eigenvalue weighted by atomic mass is 10.1. The van der Waals surface area contributed by atoms with E-state index >= 15 is 0 Å². The fourth-order valence-electron chi connectivity index (χ4n) is 1.57. The predicted molar refractivity (Wildman–Crippen MR) is 56.3 cm³/mol. The van der Waals surface area contributed by atoms with Gasteiger partial charge in [0.1, 0.15) is 0 Å². The average Bonchev–Trinajstić information content (AvgIpc) is 2.71. The number of ketones is 1. The Morgan fingerprint density at radius 3 is 2.69 bits per heavy atom. The maximum absolute atomic E-state index is 11.8. The zero-order valence-corrected chi connectivity index (χ0v) is 8.22. The van der Waals surface area contributed by atoms with Crippen LogP contribution in [0.3, 0.4) is 0 Å². The number of carbonyl (C=O) groups excluding carboxylic acids is 1. The minimum atomic E-state index is 0.224. The molecule has 1 aliphatic rings. The molecule has 1 aromatic rings. The van der Waals surface area contributed by atoms with Gasteiger partial charge in [0, 0.05) is 5.56 Å². The second-order valence-electron chi connectivity index (χ2n) is 3.23. The Kier molecular flexibility index (Phi) is 2.69. The fourth-order valence-corrected chi connectivity index (χ4v) is 2.81. The first kappa shape index (κ1) is 8.82. The van der Waals surface area contributed by atoms with Crippen molar-refractivity contribution in [2.45, 2.75) is 18.1 Å². The van der Waals surface area contributed by atoms with E-state index in [-0.39, 0.29) is 5.25 Å². The highest BCUT2D eigenvalue weighted by Gasteiger charge is 2.23. The van der Waals surface area contributed by atoms with E-state index in [0.717, 1.165) is 17.7 Å². The second-order valence-corrected chi connectivity index (χ2v) is 4.54. The first-order valence-electron chi connectivity index (χ1n) is 4.59. The van der Waals surface area contributed by atoms with Crippen molar-refractivity contribution < 1.29 is 4.79 Å². The van der Waals surface area contributed by atoms with Crippen LogP contribution in [0.2, 0.25) is 0 Å². The first-order chi connectivity index (χ1) is 6.38. The van der Waals surface area contributed by atoms with E-state index in [1.54, 1.807) is 11.8 Å². The van der Waals surface area contributed by atoms with Crippen LogP contribution in [-0.4, -0.2) is 16.8 Å². The summed E-state index contributed by atoms with van der Waals surface area (Å²) in [5, 5.41) is 0.224. The lowest BCUT2D eigenvalue weighted by Crippen LogP contribution is -2.13. The molecule has 0 amide bonds. The number of thioether (sulfide) groups is 1. The van der Waals surface area contributed by atoms with Gasteiger partial charge in [0.15, 0.2) is 5.78 Å². The van der Waals surface area contributed by atoms with Gasteiger partial charge in [-0.1, -0.05) is 30.3 Å². The second kappa shape index (κ2) is 3.97. The molecule has 1 nitrogen and oxygen atoms in total. The number of hydrogen-bond acceptors (Lipinski definition) is 2.